The van der Waals surface area contributed by atoms with Gasteiger partial charge in [0.15, 0.2) is 0 Å². The van der Waals surface area contributed by atoms with Gasteiger partial charge in [-0.25, -0.2) is 0 Å². The zero-order valence-corrected chi connectivity index (χ0v) is 8.21. The third kappa shape index (κ3) is 1.64. The molecule has 0 aromatic heterocycles. The highest BCUT2D eigenvalue weighted by atomic mass is 16.5. The third-order valence-electron chi connectivity index (χ3n) is 3.14. The third-order valence-corrected chi connectivity index (χ3v) is 3.14. The summed E-state index contributed by atoms with van der Waals surface area (Å²) in [7, 11) is 0. The Balaban J connectivity index is 1.80. The molecule has 2 heteroatoms. The number of nitrogens with one attached hydrogen (secondary N) is 1. The Kier molecular flexibility index (Phi) is 2.13. The van der Waals surface area contributed by atoms with Gasteiger partial charge in [0, 0.05) is 12.1 Å². The van der Waals surface area contributed by atoms with E-state index in [0.29, 0.717) is 18.2 Å². The van der Waals surface area contributed by atoms with E-state index in [0.717, 1.165) is 12.0 Å². The van der Waals surface area contributed by atoms with Crippen molar-refractivity contribution in [1.82, 2.24) is 5.32 Å². The molecule has 0 bridgehead atoms. The van der Waals surface area contributed by atoms with E-state index < -0.39 is 0 Å². The van der Waals surface area contributed by atoms with Crippen molar-refractivity contribution >= 4 is 0 Å². The monoisotopic (exact) mass is 169 g/mol. The number of rotatable bonds is 2. The normalized spacial score (nSPS) is 52.8. The molecule has 2 aliphatic rings. The van der Waals surface area contributed by atoms with Crippen LogP contribution in [0.15, 0.2) is 0 Å². The second-order valence-corrected chi connectivity index (χ2v) is 4.48. The molecule has 2 nitrogen and oxygen atoms in total. The van der Waals surface area contributed by atoms with Crippen LogP contribution >= 0.6 is 0 Å². The van der Waals surface area contributed by atoms with Crippen LogP contribution in [-0.2, 0) is 4.74 Å². The molecule has 0 amide bonds. The number of hydrogen-bond acceptors (Lipinski definition) is 2. The van der Waals surface area contributed by atoms with Gasteiger partial charge in [0.25, 0.3) is 0 Å². The molecule has 1 N–H and O–H groups in total. The fraction of sp³-hybridized carbons (Fsp3) is 1.00. The molecule has 0 aromatic carbocycles. The molecule has 2 rings (SSSR count). The summed E-state index contributed by atoms with van der Waals surface area (Å²) < 4.78 is 5.68. The van der Waals surface area contributed by atoms with Crippen LogP contribution < -0.4 is 5.32 Å². The molecule has 1 saturated heterocycles. The lowest BCUT2D eigenvalue weighted by atomic mass is 10.1. The van der Waals surface area contributed by atoms with E-state index in [9.17, 15) is 0 Å². The highest BCUT2D eigenvalue weighted by Crippen LogP contribution is 2.31. The Hall–Kier alpha value is -0.0800. The van der Waals surface area contributed by atoms with Gasteiger partial charge in [-0.1, -0.05) is 6.92 Å². The maximum atomic E-state index is 5.68. The minimum absolute atomic E-state index is 0.410. The van der Waals surface area contributed by atoms with E-state index in [-0.39, 0.29) is 0 Å². The van der Waals surface area contributed by atoms with E-state index in [4.69, 9.17) is 4.74 Å². The Labute approximate surface area is 74.7 Å². The molecule has 1 saturated carbocycles. The van der Waals surface area contributed by atoms with Gasteiger partial charge >= 0.3 is 0 Å². The van der Waals surface area contributed by atoms with Gasteiger partial charge in [0.05, 0.1) is 12.2 Å². The van der Waals surface area contributed by atoms with E-state index in [1.165, 1.54) is 12.8 Å². The molecular weight excluding hydrogens is 150 g/mol. The maximum absolute atomic E-state index is 5.68. The first kappa shape index (κ1) is 8.52. The second kappa shape index (κ2) is 3.00. The lowest BCUT2D eigenvalue weighted by molar-refractivity contribution is 0.0603. The smallest absolute Gasteiger partial charge is 0.0704 e. The summed E-state index contributed by atoms with van der Waals surface area (Å²) in [6.07, 6.45) is 3.40. The average Bonchev–Trinajstić information content (AvgIpc) is 2.55. The van der Waals surface area contributed by atoms with Crippen LogP contribution in [0.25, 0.3) is 0 Å². The number of ether oxygens (including phenoxy) is 1. The predicted octanol–water partition coefficient (Wildman–Crippen LogP) is 1.55. The van der Waals surface area contributed by atoms with E-state index in [1.54, 1.807) is 0 Å². The van der Waals surface area contributed by atoms with Crippen molar-refractivity contribution in [3.05, 3.63) is 0 Å². The van der Waals surface area contributed by atoms with Crippen molar-refractivity contribution < 1.29 is 4.74 Å². The van der Waals surface area contributed by atoms with Crippen LogP contribution in [0, 0.1) is 5.92 Å². The molecule has 0 aromatic rings. The molecular formula is C10H19NO. The molecule has 70 valence electrons. The zero-order chi connectivity index (χ0) is 8.72. The summed E-state index contributed by atoms with van der Waals surface area (Å²) in [5.74, 6) is 0.896. The molecule has 0 spiro atoms. The topological polar surface area (TPSA) is 21.3 Å². The van der Waals surface area contributed by atoms with Crippen LogP contribution in [0.5, 0.6) is 0 Å². The summed E-state index contributed by atoms with van der Waals surface area (Å²) in [6.45, 7) is 6.64. The fourth-order valence-corrected chi connectivity index (χ4v) is 2.10. The first-order chi connectivity index (χ1) is 5.66. The van der Waals surface area contributed by atoms with Crippen molar-refractivity contribution in [2.24, 2.45) is 5.92 Å². The van der Waals surface area contributed by atoms with Crippen molar-refractivity contribution in [3.8, 4) is 0 Å². The largest absolute Gasteiger partial charge is 0.374 e. The quantitative estimate of drug-likeness (QED) is 0.677. The van der Waals surface area contributed by atoms with Gasteiger partial charge in [-0.2, -0.15) is 0 Å². The number of hydrogen-bond donors (Lipinski definition) is 1. The summed E-state index contributed by atoms with van der Waals surface area (Å²) in [4.78, 5) is 0. The van der Waals surface area contributed by atoms with Crippen molar-refractivity contribution in [2.75, 3.05) is 0 Å². The molecule has 0 radical (unpaired) electrons. The standard InChI is InChI=1S/C10H19NO/c1-6-4-9(6)11-10-5-7(2)12-8(10)3/h6-11H,4-5H2,1-3H3. The highest BCUT2D eigenvalue weighted by Gasteiger charge is 2.38. The SMILES string of the molecule is CC1CC(NC2CC2C)C(C)O1. The highest BCUT2D eigenvalue weighted by molar-refractivity contribution is 4.95. The van der Waals surface area contributed by atoms with E-state index >= 15 is 0 Å². The molecule has 1 heterocycles. The zero-order valence-electron chi connectivity index (χ0n) is 8.21. The summed E-state index contributed by atoms with van der Waals surface area (Å²) >= 11 is 0. The molecule has 5 unspecified atom stereocenters. The Morgan fingerprint density at radius 2 is 1.75 bits per heavy atom. The summed E-state index contributed by atoms with van der Waals surface area (Å²) in [5, 5.41) is 3.66. The van der Waals surface area contributed by atoms with Gasteiger partial charge < -0.3 is 10.1 Å². The molecule has 1 aliphatic carbocycles. The second-order valence-electron chi connectivity index (χ2n) is 4.48. The molecule has 12 heavy (non-hydrogen) atoms. The lowest BCUT2D eigenvalue weighted by Gasteiger charge is -2.15. The minimum atomic E-state index is 0.410. The van der Waals surface area contributed by atoms with Crippen LogP contribution in [0.4, 0.5) is 0 Å². The average molecular weight is 169 g/mol. The van der Waals surface area contributed by atoms with Gasteiger partial charge in [-0.3, -0.25) is 0 Å². The predicted molar refractivity (Wildman–Crippen MR) is 49.1 cm³/mol. The van der Waals surface area contributed by atoms with Crippen LogP contribution in [0.2, 0.25) is 0 Å². The van der Waals surface area contributed by atoms with E-state index in [2.05, 4.69) is 26.1 Å². The van der Waals surface area contributed by atoms with Gasteiger partial charge in [0.1, 0.15) is 0 Å². The first-order valence-corrected chi connectivity index (χ1v) is 5.08. The first-order valence-electron chi connectivity index (χ1n) is 5.08. The molecule has 2 fully saturated rings. The molecule has 5 atom stereocenters. The van der Waals surface area contributed by atoms with Crippen molar-refractivity contribution in [3.63, 3.8) is 0 Å². The van der Waals surface area contributed by atoms with Crippen molar-refractivity contribution in [2.45, 2.75) is 57.9 Å². The maximum Gasteiger partial charge on any atom is 0.0704 e. The summed E-state index contributed by atoms with van der Waals surface area (Å²) in [5.41, 5.74) is 0. The Morgan fingerprint density at radius 1 is 1.08 bits per heavy atom. The van der Waals surface area contributed by atoms with Gasteiger partial charge in [0.2, 0.25) is 0 Å². The minimum Gasteiger partial charge on any atom is -0.374 e. The Morgan fingerprint density at radius 3 is 2.17 bits per heavy atom. The molecule has 1 aliphatic heterocycles. The van der Waals surface area contributed by atoms with Gasteiger partial charge in [-0.15, -0.1) is 0 Å². The van der Waals surface area contributed by atoms with Gasteiger partial charge in [-0.05, 0) is 32.6 Å². The van der Waals surface area contributed by atoms with E-state index in [1.807, 2.05) is 0 Å². The van der Waals surface area contributed by atoms with Crippen molar-refractivity contribution in [1.29, 1.82) is 0 Å². The Bertz CT molecular complexity index is 171. The van der Waals surface area contributed by atoms with Crippen LogP contribution in [0.3, 0.4) is 0 Å². The van der Waals surface area contributed by atoms with Crippen LogP contribution in [0.1, 0.15) is 33.6 Å². The summed E-state index contributed by atoms with van der Waals surface area (Å²) in [6, 6.07) is 1.39. The fourth-order valence-electron chi connectivity index (χ4n) is 2.10. The van der Waals surface area contributed by atoms with Crippen LogP contribution in [-0.4, -0.2) is 24.3 Å². The lowest BCUT2D eigenvalue weighted by Crippen LogP contribution is -2.36.